The molecule has 7 nitrogen and oxygen atoms in total. The fourth-order valence-electron chi connectivity index (χ4n) is 2.47. The van der Waals surface area contributed by atoms with Gasteiger partial charge in [-0.25, -0.2) is 9.59 Å². The predicted molar refractivity (Wildman–Crippen MR) is 99.2 cm³/mol. The number of carbonyl (C=O) groups excluding carboxylic acids is 2. The third-order valence-corrected chi connectivity index (χ3v) is 4.14. The van der Waals surface area contributed by atoms with Gasteiger partial charge in [0.1, 0.15) is 0 Å². The van der Waals surface area contributed by atoms with Crippen molar-refractivity contribution < 1.29 is 14.3 Å². The molecule has 1 aromatic heterocycles. The normalized spacial score (nSPS) is 13.3. The highest BCUT2D eigenvalue weighted by atomic mass is 16.5. The van der Waals surface area contributed by atoms with Gasteiger partial charge in [0.15, 0.2) is 0 Å². The number of carbonyl (C=O) groups is 2. The summed E-state index contributed by atoms with van der Waals surface area (Å²) >= 11 is 0. The molecule has 7 heteroatoms. The Morgan fingerprint density at radius 3 is 2.62 bits per heavy atom. The average molecular weight is 356 g/mol. The lowest BCUT2D eigenvalue weighted by Crippen LogP contribution is -2.19. The van der Waals surface area contributed by atoms with Crippen LogP contribution in [0.15, 0.2) is 36.7 Å². The van der Waals surface area contributed by atoms with Crippen LogP contribution in [0.1, 0.15) is 43.0 Å². The van der Waals surface area contributed by atoms with Crippen LogP contribution < -0.4 is 10.6 Å². The standard InChI is InChI=1S/C19H24N4O3/c1-2-3-10-26-18(24)15-6-8-16(9-7-15)21-19(25)22-17-11-20-23(13-17)12-14-4-5-14/h6-9,11,13-14H,2-5,10,12H2,1H3,(H2,21,22,25). The number of hydrogen-bond acceptors (Lipinski definition) is 4. The summed E-state index contributed by atoms with van der Waals surface area (Å²) in [6.45, 7) is 3.36. The predicted octanol–water partition coefficient (Wildman–Crippen LogP) is 3.89. The van der Waals surface area contributed by atoms with Gasteiger partial charge in [-0.1, -0.05) is 13.3 Å². The van der Waals surface area contributed by atoms with Crippen molar-refractivity contribution in [2.75, 3.05) is 17.2 Å². The summed E-state index contributed by atoms with van der Waals surface area (Å²) in [5, 5.41) is 9.72. The molecule has 1 heterocycles. The lowest BCUT2D eigenvalue weighted by Gasteiger charge is -2.07. The molecule has 26 heavy (non-hydrogen) atoms. The number of aromatic nitrogens is 2. The molecule has 1 saturated carbocycles. The van der Waals surface area contributed by atoms with Crippen molar-refractivity contribution in [2.24, 2.45) is 5.92 Å². The summed E-state index contributed by atoms with van der Waals surface area (Å²) in [7, 11) is 0. The number of amides is 2. The molecule has 1 aliphatic rings. The molecule has 3 rings (SSSR count). The van der Waals surface area contributed by atoms with Gasteiger partial charge in [-0.2, -0.15) is 5.10 Å². The first kappa shape index (κ1) is 18.0. The van der Waals surface area contributed by atoms with E-state index in [0.717, 1.165) is 25.3 Å². The number of nitrogens with one attached hydrogen (secondary N) is 2. The molecule has 0 saturated heterocycles. The Hall–Kier alpha value is -2.83. The van der Waals surface area contributed by atoms with Gasteiger partial charge < -0.3 is 15.4 Å². The van der Waals surface area contributed by atoms with Gasteiger partial charge >= 0.3 is 12.0 Å². The number of benzene rings is 1. The van der Waals surface area contributed by atoms with Gasteiger partial charge in [0.2, 0.25) is 0 Å². The fraction of sp³-hybridized carbons (Fsp3) is 0.421. The summed E-state index contributed by atoms with van der Waals surface area (Å²) in [5.41, 5.74) is 1.71. The van der Waals surface area contributed by atoms with Crippen LogP contribution in [0.25, 0.3) is 0 Å². The topological polar surface area (TPSA) is 85.2 Å². The van der Waals surface area contributed by atoms with Crippen molar-refractivity contribution in [2.45, 2.75) is 39.2 Å². The van der Waals surface area contributed by atoms with Gasteiger partial charge in [-0.3, -0.25) is 4.68 Å². The molecule has 2 N–H and O–H groups in total. The fourth-order valence-corrected chi connectivity index (χ4v) is 2.47. The zero-order chi connectivity index (χ0) is 18.4. The highest BCUT2D eigenvalue weighted by Crippen LogP contribution is 2.30. The van der Waals surface area contributed by atoms with Crippen LogP contribution in [0.4, 0.5) is 16.2 Å². The van der Waals surface area contributed by atoms with Crippen molar-refractivity contribution in [3.05, 3.63) is 42.2 Å². The van der Waals surface area contributed by atoms with E-state index in [4.69, 9.17) is 4.74 Å². The van der Waals surface area contributed by atoms with Crippen molar-refractivity contribution in [1.29, 1.82) is 0 Å². The molecule has 2 aromatic rings. The van der Waals surface area contributed by atoms with Gasteiger partial charge in [0.05, 0.1) is 24.1 Å². The van der Waals surface area contributed by atoms with E-state index in [1.807, 2.05) is 17.8 Å². The molecule has 0 radical (unpaired) electrons. The summed E-state index contributed by atoms with van der Waals surface area (Å²) in [6.07, 6.45) is 7.80. The van der Waals surface area contributed by atoms with Crippen LogP contribution >= 0.6 is 0 Å². The molecular weight excluding hydrogens is 332 g/mol. The number of urea groups is 1. The van der Waals surface area contributed by atoms with E-state index in [-0.39, 0.29) is 12.0 Å². The number of ether oxygens (including phenoxy) is 1. The number of hydrogen-bond donors (Lipinski definition) is 2. The zero-order valence-electron chi connectivity index (χ0n) is 14.9. The quantitative estimate of drug-likeness (QED) is 0.555. The first-order chi connectivity index (χ1) is 12.6. The van der Waals surface area contributed by atoms with E-state index in [2.05, 4.69) is 15.7 Å². The Balaban J connectivity index is 1.47. The van der Waals surface area contributed by atoms with Crippen LogP contribution in [0.2, 0.25) is 0 Å². The van der Waals surface area contributed by atoms with E-state index in [1.54, 1.807) is 30.5 Å². The second-order valence-electron chi connectivity index (χ2n) is 6.54. The molecule has 2 amide bonds. The molecule has 1 aliphatic carbocycles. The highest BCUT2D eigenvalue weighted by Gasteiger charge is 2.22. The first-order valence-electron chi connectivity index (χ1n) is 9.01. The van der Waals surface area contributed by atoms with E-state index in [1.165, 1.54) is 12.8 Å². The van der Waals surface area contributed by atoms with Crippen molar-refractivity contribution >= 4 is 23.4 Å². The lowest BCUT2D eigenvalue weighted by molar-refractivity contribution is 0.0500. The highest BCUT2D eigenvalue weighted by molar-refractivity contribution is 6.00. The second kappa shape index (κ2) is 8.51. The van der Waals surface area contributed by atoms with Crippen LogP contribution in [-0.4, -0.2) is 28.4 Å². The summed E-state index contributed by atoms with van der Waals surface area (Å²) in [4.78, 5) is 23.9. The molecule has 0 unspecified atom stereocenters. The van der Waals surface area contributed by atoms with E-state index < -0.39 is 0 Å². The average Bonchev–Trinajstić information content (AvgIpc) is 3.33. The molecule has 1 aromatic carbocycles. The Bertz CT molecular complexity index is 750. The zero-order valence-corrected chi connectivity index (χ0v) is 14.9. The number of esters is 1. The summed E-state index contributed by atoms with van der Waals surface area (Å²) < 4.78 is 7.01. The molecule has 0 bridgehead atoms. The minimum absolute atomic E-state index is 0.350. The van der Waals surface area contributed by atoms with Crippen LogP contribution in [-0.2, 0) is 11.3 Å². The van der Waals surface area contributed by atoms with Gasteiger partial charge in [-0.05, 0) is 49.4 Å². The third-order valence-electron chi connectivity index (χ3n) is 4.14. The number of rotatable bonds is 8. The van der Waals surface area contributed by atoms with Crippen molar-refractivity contribution in [1.82, 2.24) is 9.78 Å². The minimum Gasteiger partial charge on any atom is -0.462 e. The maximum Gasteiger partial charge on any atom is 0.338 e. The molecule has 0 spiro atoms. The maximum atomic E-state index is 12.1. The summed E-state index contributed by atoms with van der Waals surface area (Å²) in [6, 6.07) is 6.27. The molecule has 138 valence electrons. The Morgan fingerprint density at radius 1 is 1.19 bits per heavy atom. The monoisotopic (exact) mass is 356 g/mol. The minimum atomic E-state index is -0.353. The Morgan fingerprint density at radius 2 is 1.92 bits per heavy atom. The largest absolute Gasteiger partial charge is 0.462 e. The lowest BCUT2D eigenvalue weighted by atomic mass is 10.2. The van der Waals surface area contributed by atoms with Gasteiger partial charge in [0.25, 0.3) is 0 Å². The smallest absolute Gasteiger partial charge is 0.338 e. The van der Waals surface area contributed by atoms with Crippen LogP contribution in [0.5, 0.6) is 0 Å². The Labute approximate surface area is 152 Å². The number of nitrogens with zero attached hydrogens (tertiary/aromatic N) is 2. The van der Waals surface area contributed by atoms with E-state index in [0.29, 0.717) is 23.5 Å². The Kier molecular flexibility index (Phi) is 5.88. The molecule has 0 aliphatic heterocycles. The first-order valence-corrected chi connectivity index (χ1v) is 9.01. The number of anilines is 2. The summed E-state index contributed by atoms with van der Waals surface area (Å²) in [5.74, 6) is 0.376. The van der Waals surface area contributed by atoms with Crippen molar-refractivity contribution in [3.8, 4) is 0 Å². The van der Waals surface area contributed by atoms with E-state index in [9.17, 15) is 9.59 Å². The maximum absolute atomic E-state index is 12.1. The molecule has 0 atom stereocenters. The van der Waals surface area contributed by atoms with Gasteiger partial charge in [-0.15, -0.1) is 0 Å². The third kappa shape index (κ3) is 5.34. The van der Waals surface area contributed by atoms with E-state index >= 15 is 0 Å². The number of unbranched alkanes of at least 4 members (excludes halogenated alkanes) is 1. The van der Waals surface area contributed by atoms with Crippen LogP contribution in [0, 0.1) is 5.92 Å². The molecular formula is C19H24N4O3. The van der Waals surface area contributed by atoms with Crippen LogP contribution in [0.3, 0.4) is 0 Å². The molecule has 1 fully saturated rings. The second-order valence-corrected chi connectivity index (χ2v) is 6.54. The van der Waals surface area contributed by atoms with Crippen molar-refractivity contribution in [3.63, 3.8) is 0 Å². The van der Waals surface area contributed by atoms with Gasteiger partial charge in [0, 0.05) is 18.4 Å². The SMILES string of the molecule is CCCCOC(=O)c1ccc(NC(=O)Nc2cnn(CC3CC3)c2)cc1.